The molecule has 0 aliphatic rings. The van der Waals surface area contributed by atoms with Crippen molar-refractivity contribution in [1.29, 1.82) is 0 Å². The second-order valence-corrected chi connectivity index (χ2v) is 4.87. The summed E-state index contributed by atoms with van der Waals surface area (Å²) in [6.07, 6.45) is 4.86. The molecule has 0 saturated heterocycles. The fourth-order valence-corrected chi connectivity index (χ4v) is 2.13. The van der Waals surface area contributed by atoms with Crippen LogP contribution >= 0.6 is 0 Å². The van der Waals surface area contributed by atoms with Crippen LogP contribution in [0.15, 0.2) is 12.3 Å². The van der Waals surface area contributed by atoms with Gasteiger partial charge in [0.2, 0.25) is 0 Å². The summed E-state index contributed by atoms with van der Waals surface area (Å²) in [4.78, 5) is 9.28. The molecule has 0 bridgehead atoms. The number of anilines is 1. The second kappa shape index (κ2) is 6.50. The molecule has 5 heteroatoms. The van der Waals surface area contributed by atoms with Crippen LogP contribution in [-0.2, 0) is 19.9 Å². The number of aromatic nitrogens is 4. The van der Waals surface area contributed by atoms with Crippen LogP contribution in [0.4, 0.5) is 5.82 Å². The highest BCUT2D eigenvalue weighted by Crippen LogP contribution is 2.22. The molecule has 0 aliphatic heterocycles. The van der Waals surface area contributed by atoms with Crippen LogP contribution < -0.4 is 5.32 Å². The van der Waals surface area contributed by atoms with E-state index in [1.807, 2.05) is 24.0 Å². The van der Waals surface area contributed by atoms with Gasteiger partial charge >= 0.3 is 0 Å². The van der Waals surface area contributed by atoms with E-state index in [4.69, 9.17) is 0 Å². The summed E-state index contributed by atoms with van der Waals surface area (Å²) in [5.74, 6) is 1.67. The predicted molar refractivity (Wildman–Crippen MR) is 81.8 cm³/mol. The van der Waals surface area contributed by atoms with E-state index in [0.717, 1.165) is 54.4 Å². The lowest BCUT2D eigenvalue weighted by atomic mass is 10.2. The Hall–Kier alpha value is -1.91. The molecule has 2 heterocycles. The maximum absolute atomic E-state index is 4.65. The zero-order valence-corrected chi connectivity index (χ0v) is 12.8. The third-order valence-corrected chi connectivity index (χ3v) is 3.18. The molecule has 1 N–H and O–H groups in total. The molecule has 5 nitrogen and oxygen atoms in total. The number of nitrogens with zero attached hydrogens (tertiary/aromatic N) is 4. The Labute approximate surface area is 120 Å². The van der Waals surface area contributed by atoms with Crippen molar-refractivity contribution in [3.8, 4) is 11.4 Å². The fourth-order valence-electron chi connectivity index (χ4n) is 2.13. The van der Waals surface area contributed by atoms with Gasteiger partial charge in [0.1, 0.15) is 5.82 Å². The summed E-state index contributed by atoms with van der Waals surface area (Å²) in [5, 5.41) is 7.81. The predicted octanol–water partition coefficient (Wildman–Crippen LogP) is 2.82. The van der Waals surface area contributed by atoms with Crippen molar-refractivity contribution < 1.29 is 0 Å². The Bertz CT molecular complexity index is 574. The Morgan fingerprint density at radius 1 is 1.15 bits per heavy atom. The van der Waals surface area contributed by atoms with Gasteiger partial charge in [-0.1, -0.05) is 20.8 Å². The minimum atomic E-state index is 0.771. The second-order valence-electron chi connectivity index (χ2n) is 4.87. The van der Waals surface area contributed by atoms with Gasteiger partial charge in [-0.2, -0.15) is 5.10 Å². The molecule has 0 atom stereocenters. The largest absolute Gasteiger partial charge is 0.370 e. The van der Waals surface area contributed by atoms with Gasteiger partial charge in [0, 0.05) is 31.5 Å². The van der Waals surface area contributed by atoms with E-state index in [1.54, 1.807) is 0 Å². The first-order valence-electron chi connectivity index (χ1n) is 7.32. The molecule has 0 radical (unpaired) electrons. The zero-order chi connectivity index (χ0) is 14.5. The van der Waals surface area contributed by atoms with Crippen LogP contribution in [0.3, 0.4) is 0 Å². The zero-order valence-electron chi connectivity index (χ0n) is 12.8. The molecule has 0 unspecified atom stereocenters. The number of aryl methyl sites for hydroxylation is 3. The summed E-state index contributed by atoms with van der Waals surface area (Å²) in [7, 11) is 1.93. The molecular weight excluding hydrogens is 250 g/mol. The highest BCUT2D eigenvalue weighted by molar-refractivity contribution is 5.59. The average Bonchev–Trinajstić information content (AvgIpc) is 2.85. The quantitative estimate of drug-likeness (QED) is 0.879. The Morgan fingerprint density at radius 3 is 2.60 bits per heavy atom. The van der Waals surface area contributed by atoms with E-state index in [0.29, 0.717) is 0 Å². The molecular formula is C15H23N5. The van der Waals surface area contributed by atoms with Crippen molar-refractivity contribution in [1.82, 2.24) is 19.7 Å². The van der Waals surface area contributed by atoms with Gasteiger partial charge in [0.15, 0.2) is 5.82 Å². The van der Waals surface area contributed by atoms with Crippen molar-refractivity contribution in [2.24, 2.45) is 7.05 Å². The Kier molecular flexibility index (Phi) is 4.71. The Morgan fingerprint density at radius 2 is 1.95 bits per heavy atom. The molecule has 2 aromatic heterocycles. The molecule has 20 heavy (non-hydrogen) atoms. The van der Waals surface area contributed by atoms with E-state index in [9.17, 15) is 0 Å². The summed E-state index contributed by atoms with van der Waals surface area (Å²) >= 11 is 0. The minimum Gasteiger partial charge on any atom is -0.370 e. The summed E-state index contributed by atoms with van der Waals surface area (Å²) in [5.41, 5.74) is 3.13. The molecule has 0 aliphatic carbocycles. The number of hydrogen-bond acceptors (Lipinski definition) is 4. The minimum absolute atomic E-state index is 0.771. The van der Waals surface area contributed by atoms with Gasteiger partial charge in [-0.25, -0.2) is 9.97 Å². The lowest BCUT2D eigenvalue weighted by Crippen LogP contribution is -2.05. The summed E-state index contributed by atoms with van der Waals surface area (Å²) < 4.78 is 1.83. The summed E-state index contributed by atoms with van der Waals surface area (Å²) in [6.45, 7) is 7.28. The molecule has 0 fully saturated rings. The normalized spacial score (nSPS) is 10.8. The van der Waals surface area contributed by atoms with Crippen LogP contribution in [0.2, 0.25) is 0 Å². The van der Waals surface area contributed by atoms with Gasteiger partial charge in [0.05, 0.1) is 11.3 Å². The highest BCUT2D eigenvalue weighted by Gasteiger charge is 2.13. The average molecular weight is 273 g/mol. The smallest absolute Gasteiger partial charge is 0.165 e. The van der Waals surface area contributed by atoms with Gasteiger partial charge in [-0.05, 0) is 19.3 Å². The van der Waals surface area contributed by atoms with Gasteiger partial charge in [0.25, 0.3) is 0 Å². The molecule has 0 saturated carbocycles. The van der Waals surface area contributed by atoms with E-state index >= 15 is 0 Å². The summed E-state index contributed by atoms with van der Waals surface area (Å²) in [6, 6.07) is 2.03. The van der Waals surface area contributed by atoms with Gasteiger partial charge in [-0.3, -0.25) is 4.68 Å². The third kappa shape index (κ3) is 3.15. The molecule has 0 amide bonds. The van der Waals surface area contributed by atoms with E-state index in [1.165, 1.54) is 0 Å². The molecule has 2 rings (SSSR count). The first-order valence-corrected chi connectivity index (χ1v) is 7.32. The van der Waals surface area contributed by atoms with Crippen molar-refractivity contribution in [3.63, 3.8) is 0 Å². The van der Waals surface area contributed by atoms with Gasteiger partial charge < -0.3 is 5.32 Å². The van der Waals surface area contributed by atoms with E-state index < -0.39 is 0 Å². The van der Waals surface area contributed by atoms with Crippen LogP contribution in [-0.4, -0.2) is 26.3 Å². The van der Waals surface area contributed by atoms with Crippen molar-refractivity contribution in [2.75, 3.05) is 11.9 Å². The molecule has 0 spiro atoms. The maximum atomic E-state index is 4.65. The number of hydrogen-bond donors (Lipinski definition) is 1. The van der Waals surface area contributed by atoms with E-state index in [-0.39, 0.29) is 0 Å². The third-order valence-electron chi connectivity index (χ3n) is 3.18. The van der Waals surface area contributed by atoms with Crippen molar-refractivity contribution >= 4 is 5.82 Å². The lowest BCUT2D eigenvalue weighted by Gasteiger charge is -2.08. The van der Waals surface area contributed by atoms with Crippen LogP contribution in [0.5, 0.6) is 0 Å². The lowest BCUT2D eigenvalue weighted by molar-refractivity contribution is 0.746. The molecule has 0 aromatic carbocycles. The fraction of sp³-hybridized carbons (Fsp3) is 0.533. The highest BCUT2D eigenvalue weighted by atomic mass is 15.3. The number of nitrogens with one attached hydrogen (secondary N) is 1. The Balaban J connectivity index is 2.43. The van der Waals surface area contributed by atoms with Crippen LogP contribution in [0, 0.1) is 0 Å². The van der Waals surface area contributed by atoms with Crippen LogP contribution in [0.1, 0.15) is 38.6 Å². The van der Waals surface area contributed by atoms with Crippen molar-refractivity contribution in [2.45, 2.75) is 40.0 Å². The monoisotopic (exact) mass is 273 g/mol. The van der Waals surface area contributed by atoms with E-state index in [2.05, 4.69) is 41.2 Å². The van der Waals surface area contributed by atoms with Crippen molar-refractivity contribution in [3.05, 3.63) is 23.7 Å². The van der Waals surface area contributed by atoms with Crippen LogP contribution in [0.25, 0.3) is 11.4 Å². The SMILES string of the molecule is CCCNc1cc(CC)nc(-c2cn(C)nc2CC)n1. The molecule has 108 valence electrons. The first kappa shape index (κ1) is 14.5. The maximum Gasteiger partial charge on any atom is 0.165 e. The standard InChI is InChI=1S/C15H23N5/c1-5-8-16-14-9-11(6-2)17-15(18-14)12-10-20(4)19-13(12)7-3/h9-10H,5-8H2,1-4H3,(H,16,17,18). The van der Waals surface area contributed by atoms with Gasteiger partial charge in [-0.15, -0.1) is 0 Å². The number of rotatable bonds is 6. The topological polar surface area (TPSA) is 55.6 Å². The first-order chi connectivity index (χ1) is 9.67. The molecule has 2 aromatic rings.